The molecule has 0 amide bonds. The molecular formula is C15H13BrFN5O2. The zero-order chi connectivity index (χ0) is 17.4. The summed E-state index contributed by atoms with van der Waals surface area (Å²) in [6.07, 6.45) is 1.41. The van der Waals surface area contributed by atoms with Crippen LogP contribution in [0.25, 0.3) is 11.5 Å². The maximum Gasteiger partial charge on any atom is 0.313 e. The lowest BCUT2D eigenvalue weighted by Gasteiger charge is -2.14. The van der Waals surface area contributed by atoms with Crippen molar-refractivity contribution in [3.8, 4) is 11.5 Å². The molecule has 0 unspecified atom stereocenters. The van der Waals surface area contributed by atoms with Crippen LogP contribution in [-0.4, -0.2) is 14.8 Å². The van der Waals surface area contributed by atoms with Gasteiger partial charge in [0, 0.05) is 23.4 Å². The molecule has 1 aromatic carbocycles. The number of nitrogens with two attached hydrogens (primary N) is 1. The molecule has 2 heterocycles. The van der Waals surface area contributed by atoms with Crippen molar-refractivity contribution in [1.29, 1.82) is 0 Å². The fourth-order valence-electron chi connectivity index (χ4n) is 2.23. The fourth-order valence-corrected chi connectivity index (χ4v) is 2.70. The van der Waals surface area contributed by atoms with Crippen LogP contribution in [0.2, 0.25) is 0 Å². The third-order valence-corrected chi connectivity index (χ3v) is 3.93. The van der Waals surface area contributed by atoms with Crippen molar-refractivity contribution in [3.63, 3.8) is 0 Å². The molecule has 0 aliphatic carbocycles. The SMILES string of the molecule is Cc1cc(Br)ccc1Nc1c(-c2nnc(N)o2)cn(C)c(=O)c1F. The third kappa shape index (κ3) is 2.90. The molecule has 2 aromatic heterocycles. The Morgan fingerprint density at radius 1 is 1.38 bits per heavy atom. The van der Waals surface area contributed by atoms with Crippen molar-refractivity contribution >= 4 is 33.3 Å². The lowest BCUT2D eigenvalue weighted by molar-refractivity contribution is 0.578. The number of nitrogens with one attached hydrogen (secondary N) is 1. The normalized spacial score (nSPS) is 10.8. The van der Waals surface area contributed by atoms with E-state index in [0.29, 0.717) is 5.69 Å². The van der Waals surface area contributed by atoms with E-state index in [1.54, 1.807) is 12.1 Å². The number of aromatic nitrogens is 3. The number of benzene rings is 1. The lowest BCUT2D eigenvalue weighted by atomic mass is 10.1. The van der Waals surface area contributed by atoms with E-state index in [9.17, 15) is 9.18 Å². The molecule has 0 aliphatic rings. The summed E-state index contributed by atoms with van der Waals surface area (Å²) >= 11 is 3.37. The standard InChI is InChI=1S/C15H13BrFN5O2/c1-7-5-8(16)3-4-10(7)19-12-9(13-20-21-15(18)24-13)6-22(2)14(23)11(12)17/h3-6,19H,1-2H3,(H2,18,21). The summed E-state index contributed by atoms with van der Waals surface area (Å²) in [5, 5.41) is 10.3. The van der Waals surface area contributed by atoms with Crippen molar-refractivity contribution in [2.45, 2.75) is 6.92 Å². The average molecular weight is 394 g/mol. The van der Waals surface area contributed by atoms with Gasteiger partial charge in [-0.2, -0.15) is 4.39 Å². The Labute approximate surface area is 144 Å². The zero-order valence-corrected chi connectivity index (χ0v) is 14.4. The fraction of sp³-hybridized carbons (Fsp3) is 0.133. The van der Waals surface area contributed by atoms with E-state index in [4.69, 9.17) is 10.2 Å². The minimum atomic E-state index is -0.950. The van der Waals surface area contributed by atoms with E-state index >= 15 is 0 Å². The minimum Gasteiger partial charge on any atom is -0.403 e. The van der Waals surface area contributed by atoms with E-state index in [-0.39, 0.29) is 23.2 Å². The molecule has 9 heteroatoms. The van der Waals surface area contributed by atoms with E-state index in [2.05, 4.69) is 31.4 Å². The Balaban J connectivity index is 2.18. The predicted octanol–water partition coefficient (Wildman–Crippen LogP) is 2.97. The first-order valence-corrected chi connectivity index (χ1v) is 7.67. The number of aryl methyl sites for hydroxylation is 2. The van der Waals surface area contributed by atoms with Crippen LogP contribution in [0, 0.1) is 12.7 Å². The smallest absolute Gasteiger partial charge is 0.313 e. The molecule has 0 atom stereocenters. The summed E-state index contributed by atoms with van der Waals surface area (Å²) < 4.78 is 21.7. The summed E-state index contributed by atoms with van der Waals surface area (Å²) in [4.78, 5) is 12.0. The predicted molar refractivity (Wildman–Crippen MR) is 91.5 cm³/mol. The molecule has 7 nitrogen and oxygen atoms in total. The van der Waals surface area contributed by atoms with Gasteiger partial charge in [0.25, 0.3) is 11.4 Å². The number of hydrogen-bond acceptors (Lipinski definition) is 6. The number of halogens is 2. The second kappa shape index (κ2) is 6.08. The van der Waals surface area contributed by atoms with Gasteiger partial charge in [0.15, 0.2) is 0 Å². The van der Waals surface area contributed by atoms with E-state index < -0.39 is 11.4 Å². The highest BCUT2D eigenvalue weighted by atomic mass is 79.9. The topological polar surface area (TPSA) is 99.0 Å². The number of pyridine rings is 1. The molecule has 0 radical (unpaired) electrons. The van der Waals surface area contributed by atoms with E-state index in [0.717, 1.165) is 14.6 Å². The van der Waals surface area contributed by atoms with Gasteiger partial charge < -0.3 is 20.0 Å². The highest BCUT2D eigenvalue weighted by molar-refractivity contribution is 9.10. The minimum absolute atomic E-state index is 0.0132. The summed E-state index contributed by atoms with van der Waals surface area (Å²) in [6.45, 7) is 1.86. The van der Waals surface area contributed by atoms with Crippen molar-refractivity contribution in [2.24, 2.45) is 7.05 Å². The number of hydrogen-bond donors (Lipinski definition) is 2. The maximum absolute atomic E-state index is 14.6. The van der Waals surface area contributed by atoms with Crippen LogP contribution >= 0.6 is 15.9 Å². The van der Waals surface area contributed by atoms with Gasteiger partial charge >= 0.3 is 6.01 Å². The Morgan fingerprint density at radius 2 is 2.12 bits per heavy atom. The van der Waals surface area contributed by atoms with Crippen molar-refractivity contribution in [3.05, 3.63) is 50.6 Å². The molecule has 3 aromatic rings. The molecule has 0 bridgehead atoms. The molecule has 0 aliphatic heterocycles. The summed E-state index contributed by atoms with van der Waals surface area (Å²) in [5.41, 5.74) is 6.35. The van der Waals surface area contributed by atoms with Gasteiger partial charge in [-0.3, -0.25) is 4.79 Å². The van der Waals surface area contributed by atoms with Gasteiger partial charge in [0.1, 0.15) is 0 Å². The van der Waals surface area contributed by atoms with Crippen LogP contribution in [0.3, 0.4) is 0 Å². The average Bonchev–Trinajstić information content (AvgIpc) is 2.96. The van der Waals surface area contributed by atoms with Crippen molar-refractivity contribution < 1.29 is 8.81 Å². The number of rotatable bonds is 3. The Hall–Kier alpha value is -2.68. The Bertz CT molecular complexity index is 982. The Kier molecular flexibility index (Phi) is 4.10. The molecule has 0 fully saturated rings. The van der Waals surface area contributed by atoms with Gasteiger partial charge in [-0.05, 0) is 30.7 Å². The Morgan fingerprint density at radius 3 is 2.75 bits per heavy atom. The second-order valence-corrected chi connectivity index (χ2v) is 6.09. The van der Waals surface area contributed by atoms with Crippen LogP contribution in [-0.2, 0) is 7.05 Å². The van der Waals surface area contributed by atoms with Gasteiger partial charge in [-0.15, -0.1) is 5.10 Å². The highest BCUT2D eigenvalue weighted by Crippen LogP contribution is 2.32. The van der Waals surface area contributed by atoms with Gasteiger partial charge in [0.05, 0.1) is 11.3 Å². The molecule has 124 valence electrons. The molecule has 24 heavy (non-hydrogen) atoms. The number of nitrogen functional groups attached to an aromatic ring is 1. The van der Waals surface area contributed by atoms with Crippen molar-refractivity contribution in [2.75, 3.05) is 11.1 Å². The van der Waals surface area contributed by atoms with Gasteiger partial charge in [0.2, 0.25) is 5.82 Å². The zero-order valence-electron chi connectivity index (χ0n) is 12.8. The van der Waals surface area contributed by atoms with E-state index in [1.165, 1.54) is 13.2 Å². The number of anilines is 3. The molecule has 0 saturated carbocycles. The van der Waals surface area contributed by atoms with E-state index in [1.807, 2.05) is 13.0 Å². The summed E-state index contributed by atoms with van der Waals surface area (Å²) in [6, 6.07) is 5.29. The summed E-state index contributed by atoms with van der Waals surface area (Å²) in [7, 11) is 1.43. The molecule has 0 spiro atoms. The van der Waals surface area contributed by atoms with Crippen LogP contribution in [0.5, 0.6) is 0 Å². The first kappa shape index (κ1) is 16.2. The monoisotopic (exact) mass is 393 g/mol. The van der Waals surface area contributed by atoms with Gasteiger partial charge in [-0.1, -0.05) is 21.0 Å². The van der Waals surface area contributed by atoms with Crippen molar-refractivity contribution in [1.82, 2.24) is 14.8 Å². The maximum atomic E-state index is 14.6. The molecule has 3 rings (SSSR count). The molecular weight excluding hydrogens is 381 g/mol. The molecule has 0 saturated heterocycles. The highest BCUT2D eigenvalue weighted by Gasteiger charge is 2.20. The number of nitrogens with zero attached hydrogens (tertiary/aromatic N) is 3. The quantitative estimate of drug-likeness (QED) is 0.709. The van der Waals surface area contributed by atoms with Gasteiger partial charge in [-0.25, -0.2) is 0 Å². The lowest BCUT2D eigenvalue weighted by Crippen LogP contribution is -2.22. The summed E-state index contributed by atoms with van der Waals surface area (Å²) in [5.74, 6) is -0.937. The van der Waals surface area contributed by atoms with Crippen LogP contribution in [0.1, 0.15) is 5.56 Å². The third-order valence-electron chi connectivity index (χ3n) is 3.44. The van der Waals surface area contributed by atoms with Crippen LogP contribution < -0.4 is 16.6 Å². The first-order chi connectivity index (χ1) is 11.4. The molecule has 3 N–H and O–H groups in total. The largest absolute Gasteiger partial charge is 0.403 e. The second-order valence-electron chi connectivity index (χ2n) is 5.18. The van der Waals surface area contributed by atoms with Crippen LogP contribution in [0.15, 0.2) is 38.1 Å². The van der Waals surface area contributed by atoms with Crippen LogP contribution in [0.4, 0.5) is 21.8 Å². The first-order valence-electron chi connectivity index (χ1n) is 6.88.